The number of aromatic amines is 1. The molecule has 4 aliphatic rings. The number of anilines is 2. The number of H-pyrrole nitrogens is 1. The molecular weight excluding hydrogens is 798 g/mol. The van der Waals surface area contributed by atoms with Crippen molar-refractivity contribution < 1.29 is 38.0 Å². The number of nitrogens with one attached hydrogen (secondary N) is 6. The van der Waals surface area contributed by atoms with Crippen molar-refractivity contribution in [3.63, 3.8) is 0 Å². The van der Waals surface area contributed by atoms with Gasteiger partial charge in [-0.2, -0.15) is 0 Å². The van der Waals surface area contributed by atoms with Gasteiger partial charge in [0.1, 0.15) is 11.9 Å². The van der Waals surface area contributed by atoms with Crippen LogP contribution >= 0.6 is 0 Å². The van der Waals surface area contributed by atoms with Crippen LogP contribution in [-0.2, 0) is 19.2 Å². The fourth-order valence-electron chi connectivity index (χ4n) is 8.62. The first-order valence-corrected chi connectivity index (χ1v) is 21.5. The van der Waals surface area contributed by atoms with E-state index in [1.807, 2.05) is 13.8 Å². The molecule has 62 heavy (non-hydrogen) atoms. The van der Waals surface area contributed by atoms with Gasteiger partial charge in [-0.1, -0.05) is 31.7 Å². The first-order valence-electron chi connectivity index (χ1n) is 21.5. The van der Waals surface area contributed by atoms with E-state index in [9.17, 15) is 38.0 Å². The number of piperidine rings is 1. The number of aromatic nitrogens is 1. The largest absolute Gasteiger partial charge is 0.384 e. The summed E-state index contributed by atoms with van der Waals surface area (Å²) >= 11 is 0. The fourth-order valence-corrected chi connectivity index (χ4v) is 8.62. The average Bonchev–Trinajstić information content (AvgIpc) is 3.81. The SMILES string of the molecule is Cc1[nH]c(/C=C2\C(=O)Nc3ccc(F)cc32)c(C)c1C(=O)NCCN1CCN(CC(=O)NCCCCCCCCNc2cccc3c2C(=O)N(C2CCC(=O)NC2=O)C3=O)CC1. The molecule has 2 saturated heterocycles. The molecule has 0 bridgehead atoms. The second-order valence-electron chi connectivity index (χ2n) is 16.3. The Morgan fingerprint density at radius 3 is 2.31 bits per heavy atom. The first-order chi connectivity index (χ1) is 29.9. The lowest BCUT2D eigenvalue weighted by molar-refractivity contribution is -0.136. The van der Waals surface area contributed by atoms with Gasteiger partial charge in [-0.05, 0) is 75.1 Å². The van der Waals surface area contributed by atoms with Crippen molar-refractivity contribution in [2.75, 3.05) is 69.5 Å². The number of nitrogens with zero attached hydrogens (tertiary/aromatic N) is 3. The molecule has 1 atom stereocenters. The van der Waals surface area contributed by atoms with Crippen LogP contribution in [0.3, 0.4) is 0 Å². The third-order valence-corrected chi connectivity index (χ3v) is 12.0. The highest BCUT2D eigenvalue weighted by atomic mass is 19.1. The number of aryl methyl sites for hydroxylation is 1. The minimum atomic E-state index is -0.997. The van der Waals surface area contributed by atoms with E-state index in [0.717, 1.165) is 69.6 Å². The Labute approximate surface area is 359 Å². The second kappa shape index (κ2) is 19.7. The second-order valence-corrected chi connectivity index (χ2v) is 16.3. The minimum absolute atomic E-state index is 0.0155. The molecule has 1 unspecified atom stereocenters. The highest BCUT2D eigenvalue weighted by molar-refractivity contribution is 6.35. The van der Waals surface area contributed by atoms with Gasteiger partial charge in [0.25, 0.3) is 23.6 Å². The number of benzene rings is 2. The molecule has 6 N–H and O–H groups in total. The van der Waals surface area contributed by atoms with Crippen LogP contribution < -0.4 is 26.6 Å². The minimum Gasteiger partial charge on any atom is -0.384 e. The van der Waals surface area contributed by atoms with Gasteiger partial charge in [0.05, 0.1) is 28.8 Å². The van der Waals surface area contributed by atoms with E-state index in [2.05, 4.69) is 41.4 Å². The van der Waals surface area contributed by atoms with Gasteiger partial charge in [-0.25, -0.2) is 4.39 Å². The van der Waals surface area contributed by atoms with Crippen molar-refractivity contribution in [3.05, 3.63) is 81.4 Å². The molecule has 2 aromatic carbocycles. The lowest BCUT2D eigenvalue weighted by Crippen LogP contribution is -2.54. The summed E-state index contributed by atoms with van der Waals surface area (Å²) < 4.78 is 13.9. The zero-order chi connectivity index (χ0) is 43.9. The number of hydrogen-bond donors (Lipinski definition) is 6. The summed E-state index contributed by atoms with van der Waals surface area (Å²) in [5, 5.41) is 14.3. The van der Waals surface area contributed by atoms with E-state index in [1.54, 1.807) is 24.3 Å². The van der Waals surface area contributed by atoms with Crippen LogP contribution in [0.25, 0.3) is 11.6 Å². The zero-order valence-corrected chi connectivity index (χ0v) is 35.2. The number of imide groups is 2. The van der Waals surface area contributed by atoms with Crippen LogP contribution in [0.4, 0.5) is 15.8 Å². The molecule has 0 saturated carbocycles. The molecule has 5 heterocycles. The molecule has 0 aliphatic carbocycles. The third kappa shape index (κ3) is 9.95. The maximum absolute atomic E-state index is 13.9. The number of fused-ring (bicyclic) bond motifs is 2. The van der Waals surface area contributed by atoms with Crippen LogP contribution in [0.15, 0.2) is 36.4 Å². The Morgan fingerprint density at radius 2 is 1.55 bits per heavy atom. The molecule has 1 aromatic heterocycles. The lowest BCUT2D eigenvalue weighted by Gasteiger charge is -2.34. The maximum Gasteiger partial charge on any atom is 0.264 e. The first kappa shape index (κ1) is 43.9. The van der Waals surface area contributed by atoms with E-state index in [-0.39, 0.29) is 41.7 Å². The Morgan fingerprint density at radius 1 is 0.823 bits per heavy atom. The van der Waals surface area contributed by atoms with E-state index in [0.29, 0.717) is 77.7 Å². The van der Waals surface area contributed by atoms with Crippen molar-refractivity contribution in [1.29, 1.82) is 0 Å². The predicted molar refractivity (Wildman–Crippen MR) is 231 cm³/mol. The Bertz CT molecular complexity index is 2300. The normalized spacial score (nSPS) is 18.5. The summed E-state index contributed by atoms with van der Waals surface area (Å²) in [6, 6.07) is 8.21. The monoisotopic (exact) mass is 851 g/mol. The molecule has 0 spiro atoms. The number of unbranched alkanes of at least 4 members (excludes halogenated alkanes) is 5. The van der Waals surface area contributed by atoms with Gasteiger partial charge in [-0.15, -0.1) is 0 Å². The Balaban J connectivity index is 0.725. The number of carbonyl (C=O) groups is 7. The van der Waals surface area contributed by atoms with E-state index < -0.39 is 35.5 Å². The van der Waals surface area contributed by atoms with E-state index in [1.165, 1.54) is 18.2 Å². The third-order valence-electron chi connectivity index (χ3n) is 12.0. The molecule has 4 aliphatic heterocycles. The Hall–Kier alpha value is -6.20. The van der Waals surface area contributed by atoms with Gasteiger partial charge >= 0.3 is 0 Å². The lowest BCUT2D eigenvalue weighted by atomic mass is 10.0. The standard InChI is InChI=1S/C45H54FN9O7/c1-27-35(25-32-31-24-29(46)12-13-33(31)51-41(32)58)50-28(2)39(27)43(60)49-18-19-53-20-22-54(23-21-53)26-38(57)48-17-8-6-4-3-5-7-16-47-34-11-9-10-30-40(34)45(62)55(44(30)61)36-14-15-37(56)52-42(36)59/h9-13,24-25,36,47,50H,3-8,14-23,26H2,1-2H3,(H,48,57)(H,49,60)(H,51,58)(H,52,56,59)/b32-25-. The molecule has 17 heteroatoms. The highest BCUT2D eigenvalue weighted by Crippen LogP contribution is 2.35. The predicted octanol–water partition coefficient (Wildman–Crippen LogP) is 3.58. The quantitative estimate of drug-likeness (QED) is 0.0624. The van der Waals surface area contributed by atoms with Gasteiger partial charge in [0, 0.05) is 87.1 Å². The molecule has 0 radical (unpaired) electrons. The average molecular weight is 852 g/mol. The van der Waals surface area contributed by atoms with Crippen molar-refractivity contribution in [3.8, 4) is 0 Å². The summed E-state index contributed by atoms with van der Waals surface area (Å²) in [5.74, 6) is -3.04. The molecule has 7 rings (SSSR count). The Kier molecular flexibility index (Phi) is 13.9. The van der Waals surface area contributed by atoms with Crippen molar-refractivity contribution in [2.24, 2.45) is 0 Å². The van der Waals surface area contributed by atoms with E-state index in [4.69, 9.17) is 0 Å². The number of piperazine rings is 1. The van der Waals surface area contributed by atoms with Gasteiger partial charge < -0.3 is 26.3 Å². The van der Waals surface area contributed by atoms with Gasteiger partial charge in [0.15, 0.2) is 0 Å². The molecular formula is C45H54FN9O7. The number of carbonyl (C=O) groups excluding carboxylic acids is 7. The summed E-state index contributed by atoms with van der Waals surface area (Å²) in [6.45, 7) is 9.46. The van der Waals surface area contributed by atoms with Crippen LogP contribution in [-0.4, -0.2) is 126 Å². The van der Waals surface area contributed by atoms with Crippen molar-refractivity contribution >= 4 is 64.4 Å². The van der Waals surface area contributed by atoms with Crippen LogP contribution in [0.1, 0.15) is 105 Å². The molecule has 2 fully saturated rings. The van der Waals surface area contributed by atoms with Gasteiger partial charge in [-0.3, -0.25) is 53.6 Å². The summed E-state index contributed by atoms with van der Waals surface area (Å²) in [6.07, 6.45) is 7.67. The van der Waals surface area contributed by atoms with Crippen molar-refractivity contribution in [1.82, 2.24) is 35.6 Å². The smallest absolute Gasteiger partial charge is 0.264 e. The summed E-state index contributed by atoms with van der Waals surface area (Å²) in [7, 11) is 0. The zero-order valence-electron chi connectivity index (χ0n) is 35.2. The number of halogens is 1. The maximum atomic E-state index is 13.9. The molecule has 3 aromatic rings. The summed E-state index contributed by atoms with van der Waals surface area (Å²) in [4.78, 5) is 97.3. The van der Waals surface area contributed by atoms with Gasteiger partial charge in [0.2, 0.25) is 17.7 Å². The fraction of sp³-hybridized carbons (Fsp3) is 0.444. The topological polar surface area (TPSA) is 205 Å². The number of hydrogen-bond acceptors (Lipinski definition) is 10. The van der Waals surface area contributed by atoms with E-state index >= 15 is 0 Å². The molecule has 16 nitrogen and oxygen atoms in total. The van der Waals surface area contributed by atoms with Crippen LogP contribution in [0.2, 0.25) is 0 Å². The number of rotatable bonds is 18. The summed E-state index contributed by atoms with van der Waals surface area (Å²) in [5.41, 5.74) is 4.96. The number of amides is 7. The highest BCUT2D eigenvalue weighted by Gasteiger charge is 2.45. The molecule has 7 amide bonds. The van der Waals surface area contributed by atoms with Crippen LogP contribution in [0.5, 0.6) is 0 Å². The van der Waals surface area contributed by atoms with Crippen LogP contribution in [0, 0.1) is 19.7 Å². The molecule has 328 valence electrons. The van der Waals surface area contributed by atoms with Crippen molar-refractivity contribution in [2.45, 2.75) is 71.3 Å².